The van der Waals surface area contributed by atoms with Gasteiger partial charge >= 0.3 is 12.1 Å². The second kappa shape index (κ2) is 8.86. The molecule has 0 aromatic heterocycles. The molecule has 1 aliphatic carbocycles. The van der Waals surface area contributed by atoms with E-state index in [1.54, 1.807) is 20.8 Å². The number of hydrogen-bond acceptors (Lipinski definition) is 5. The van der Waals surface area contributed by atoms with E-state index in [-0.39, 0.29) is 24.8 Å². The Hall–Kier alpha value is -1.63. The molecule has 3 N–H and O–H groups in total. The zero-order valence-corrected chi connectivity index (χ0v) is 14.2. The molecule has 132 valence electrons. The maximum atomic E-state index is 11.9. The molecule has 0 radical (unpaired) electrons. The number of amides is 1. The molecule has 1 rings (SSSR count). The Kier molecular flexibility index (Phi) is 7.48. The Bertz CT molecular complexity index is 425. The average molecular weight is 328 g/mol. The highest BCUT2D eigenvalue weighted by Gasteiger charge is 2.25. The highest BCUT2D eigenvalue weighted by molar-refractivity contribution is 5.88. The summed E-state index contributed by atoms with van der Waals surface area (Å²) in [6.07, 6.45) is 4.38. The number of ketones is 1. The van der Waals surface area contributed by atoms with Crippen LogP contribution in [-0.2, 0) is 14.3 Å². The predicted molar refractivity (Wildman–Crippen MR) is 85.3 cm³/mol. The zero-order valence-electron chi connectivity index (χ0n) is 14.2. The van der Waals surface area contributed by atoms with Gasteiger partial charge in [0.1, 0.15) is 11.6 Å². The van der Waals surface area contributed by atoms with Crippen molar-refractivity contribution in [3.8, 4) is 0 Å². The van der Waals surface area contributed by atoms with Gasteiger partial charge in [-0.1, -0.05) is 19.3 Å². The van der Waals surface area contributed by atoms with E-state index in [1.807, 2.05) is 0 Å². The number of carboxylic acids is 1. The lowest BCUT2D eigenvalue weighted by atomic mass is 9.94. The van der Waals surface area contributed by atoms with Gasteiger partial charge in [0, 0.05) is 12.5 Å². The van der Waals surface area contributed by atoms with Crippen LogP contribution in [0.3, 0.4) is 0 Å². The second-order valence-corrected chi connectivity index (χ2v) is 6.99. The highest BCUT2D eigenvalue weighted by atomic mass is 16.6. The van der Waals surface area contributed by atoms with Crippen molar-refractivity contribution in [2.75, 3.05) is 6.54 Å². The first-order valence-corrected chi connectivity index (χ1v) is 8.15. The topological polar surface area (TPSA) is 105 Å². The number of Topliss-reactive ketones (excluding diaryl/α,β-unsaturated/α-hetero) is 1. The third-order valence-corrected chi connectivity index (χ3v) is 3.60. The van der Waals surface area contributed by atoms with Gasteiger partial charge in [-0.2, -0.15) is 0 Å². The third-order valence-electron chi connectivity index (χ3n) is 3.60. The number of alkyl carbamates (subject to hydrolysis) is 1. The van der Waals surface area contributed by atoms with Gasteiger partial charge in [-0.25, -0.2) is 4.79 Å². The number of carboxylic acid groups (broad SMARTS) is 1. The first-order valence-electron chi connectivity index (χ1n) is 8.15. The van der Waals surface area contributed by atoms with E-state index in [2.05, 4.69) is 10.6 Å². The standard InChI is InChI=1S/C16H28N2O5/c1-16(2,3)23-15(22)17-10-12(19)9-13(14(20)21)18-11-7-5-4-6-8-11/h11,13,18H,4-10H2,1-3H3,(H,17,22)(H,20,21)/t13-/m1/s1. The van der Waals surface area contributed by atoms with E-state index in [4.69, 9.17) is 4.74 Å². The van der Waals surface area contributed by atoms with E-state index >= 15 is 0 Å². The summed E-state index contributed by atoms with van der Waals surface area (Å²) >= 11 is 0. The quantitative estimate of drug-likeness (QED) is 0.659. The molecule has 1 amide bonds. The van der Waals surface area contributed by atoms with Crippen molar-refractivity contribution in [2.24, 2.45) is 0 Å². The maximum absolute atomic E-state index is 11.9. The summed E-state index contributed by atoms with van der Waals surface area (Å²) in [7, 11) is 0. The predicted octanol–water partition coefficient (Wildman–Crippen LogP) is 1.85. The number of ether oxygens (including phenoxy) is 1. The van der Waals surface area contributed by atoms with Crippen molar-refractivity contribution in [3.05, 3.63) is 0 Å². The second-order valence-electron chi connectivity index (χ2n) is 6.99. The zero-order chi connectivity index (χ0) is 17.5. The first kappa shape index (κ1) is 19.4. The van der Waals surface area contributed by atoms with Crippen LogP contribution in [0.1, 0.15) is 59.3 Å². The third kappa shape index (κ3) is 8.54. The first-order chi connectivity index (χ1) is 10.7. The van der Waals surface area contributed by atoms with Crippen LogP contribution in [0.4, 0.5) is 4.79 Å². The molecular formula is C16H28N2O5. The number of rotatable bonds is 7. The molecule has 1 aliphatic rings. The minimum Gasteiger partial charge on any atom is -0.480 e. The van der Waals surface area contributed by atoms with Crippen molar-refractivity contribution < 1.29 is 24.2 Å². The van der Waals surface area contributed by atoms with Crippen LogP contribution < -0.4 is 10.6 Å². The van der Waals surface area contributed by atoms with Crippen molar-refractivity contribution >= 4 is 17.8 Å². The van der Waals surface area contributed by atoms with E-state index in [1.165, 1.54) is 6.42 Å². The normalized spacial score (nSPS) is 17.3. The van der Waals surface area contributed by atoms with E-state index in [9.17, 15) is 19.5 Å². The SMILES string of the molecule is CC(C)(C)OC(=O)NCC(=O)C[C@@H](NC1CCCCC1)C(=O)O. The van der Waals surface area contributed by atoms with Gasteiger partial charge < -0.3 is 20.5 Å². The molecule has 1 saturated carbocycles. The molecule has 0 bridgehead atoms. The largest absolute Gasteiger partial charge is 0.480 e. The summed E-state index contributed by atoms with van der Waals surface area (Å²) in [5.41, 5.74) is -0.640. The fourth-order valence-corrected chi connectivity index (χ4v) is 2.56. The lowest BCUT2D eigenvalue weighted by Crippen LogP contribution is -2.46. The van der Waals surface area contributed by atoms with Crippen LogP contribution in [0.15, 0.2) is 0 Å². The smallest absolute Gasteiger partial charge is 0.408 e. The molecule has 0 aromatic carbocycles. The summed E-state index contributed by atoms with van der Waals surface area (Å²) in [6, 6.07) is -0.762. The Labute approximate surface area is 137 Å². The number of carbonyl (C=O) groups is 3. The summed E-state index contributed by atoms with van der Waals surface area (Å²) < 4.78 is 5.03. The van der Waals surface area contributed by atoms with E-state index in [0.717, 1.165) is 25.7 Å². The van der Waals surface area contributed by atoms with Crippen LogP contribution >= 0.6 is 0 Å². The Morgan fingerprint density at radius 1 is 1.17 bits per heavy atom. The fraction of sp³-hybridized carbons (Fsp3) is 0.812. The van der Waals surface area contributed by atoms with Crippen molar-refractivity contribution in [2.45, 2.75) is 77.0 Å². The summed E-state index contributed by atoms with van der Waals surface area (Å²) in [6.45, 7) is 4.94. The number of hydrogen-bond donors (Lipinski definition) is 3. The Morgan fingerprint density at radius 3 is 2.30 bits per heavy atom. The van der Waals surface area contributed by atoms with Gasteiger partial charge in [0.2, 0.25) is 0 Å². The number of aliphatic carboxylic acids is 1. The summed E-state index contributed by atoms with van der Waals surface area (Å²) in [5.74, 6) is -1.38. The highest BCUT2D eigenvalue weighted by Crippen LogP contribution is 2.18. The van der Waals surface area contributed by atoms with Crippen LogP contribution in [-0.4, -0.2) is 47.2 Å². The molecular weight excluding hydrogens is 300 g/mol. The molecule has 1 fully saturated rings. The molecule has 1 atom stereocenters. The Balaban J connectivity index is 2.38. The molecule has 0 spiro atoms. The molecule has 7 nitrogen and oxygen atoms in total. The monoisotopic (exact) mass is 328 g/mol. The minimum absolute atomic E-state index is 0.150. The van der Waals surface area contributed by atoms with Gasteiger partial charge in [0.25, 0.3) is 0 Å². The maximum Gasteiger partial charge on any atom is 0.408 e. The minimum atomic E-state index is -1.04. The molecule has 0 aliphatic heterocycles. The van der Waals surface area contributed by atoms with E-state index in [0.29, 0.717) is 0 Å². The van der Waals surface area contributed by atoms with Crippen molar-refractivity contribution in [1.29, 1.82) is 0 Å². The van der Waals surface area contributed by atoms with Crippen LogP contribution in [0.5, 0.6) is 0 Å². The van der Waals surface area contributed by atoms with Gasteiger partial charge in [-0.05, 0) is 33.6 Å². The fourth-order valence-electron chi connectivity index (χ4n) is 2.56. The molecule has 0 aromatic rings. The van der Waals surface area contributed by atoms with Crippen LogP contribution in [0, 0.1) is 0 Å². The van der Waals surface area contributed by atoms with Gasteiger partial charge in [-0.15, -0.1) is 0 Å². The molecule has 23 heavy (non-hydrogen) atoms. The van der Waals surface area contributed by atoms with Gasteiger partial charge in [0.05, 0.1) is 6.54 Å². The van der Waals surface area contributed by atoms with Crippen molar-refractivity contribution in [3.63, 3.8) is 0 Å². The number of carbonyl (C=O) groups excluding carboxylic acids is 2. The Morgan fingerprint density at radius 2 is 1.78 bits per heavy atom. The molecule has 0 unspecified atom stereocenters. The molecule has 0 heterocycles. The van der Waals surface area contributed by atoms with Crippen molar-refractivity contribution in [1.82, 2.24) is 10.6 Å². The van der Waals surface area contributed by atoms with Crippen LogP contribution in [0.2, 0.25) is 0 Å². The molecule has 7 heteroatoms. The average Bonchev–Trinajstić information content (AvgIpc) is 2.43. The van der Waals surface area contributed by atoms with E-state index < -0.39 is 23.7 Å². The summed E-state index contributed by atoms with van der Waals surface area (Å²) in [5, 5.41) is 14.7. The lowest BCUT2D eigenvalue weighted by molar-refractivity contribution is -0.141. The lowest BCUT2D eigenvalue weighted by Gasteiger charge is -2.26. The molecule has 0 saturated heterocycles. The number of nitrogens with one attached hydrogen (secondary N) is 2. The summed E-state index contributed by atoms with van der Waals surface area (Å²) in [4.78, 5) is 34.7. The van der Waals surface area contributed by atoms with Gasteiger partial charge in [0.15, 0.2) is 5.78 Å². The van der Waals surface area contributed by atoms with Crippen LogP contribution in [0.25, 0.3) is 0 Å². The van der Waals surface area contributed by atoms with Gasteiger partial charge in [-0.3, -0.25) is 9.59 Å².